The minimum absolute atomic E-state index is 0.0518. The van der Waals surface area contributed by atoms with Gasteiger partial charge in [-0.15, -0.1) is 11.3 Å². The molecule has 9 heteroatoms. The van der Waals surface area contributed by atoms with Crippen LogP contribution in [0.3, 0.4) is 0 Å². The number of hydrogen-bond acceptors (Lipinski definition) is 7. The summed E-state index contributed by atoms with van der Waals surface area (Å²) in [5, 5.41) is 3.56. The molecule has 3 aromatic rings. The molecule has 0 fully saturated rings. The summed E-state index contributed by atoms with van der Waals surface area (Å²) in [7, 11) is 1.58. The Balaban J connectivity index is 1.65. The molecule has 0 spiro atoms. The largest absolute Gasteiger partial charge is 0.497 e. The van der Waals surface area contributed by atoms with Crippen LogP contribution < -0.4 is 10.1 Å². The molecule has 1 heterocycles. The lowest BCUT2D eigenvalue weighted by molar-refractivity contribution is -0.143. The first-order valence-electron chi connectivity index (χ1n) is 9.26. The van der Waals surface area contributed by atoms with Gasteiger partial charge in [-0.05, 0) is 42.8 Å². The number of amides is 1. The van der Waals surface area contributed by atoms with E-state index in [2.05, 4.69) is 10.3 Å². The molecule has 30 heavy (non-hydrogen) atoms. The Kier molecular flexibility index (Phi) is 7.95. The van der Waals surface area contributed by atoms with Crippen LogP contribution in [0.4, 0.5) is 0 Å². The van der Waals surface area contributed by atoms with E-state index in [0.29, 0.717) is 17.4 Å². The predicted octanol–water partition coefficient (Wildman–Crippen LogP) is 4.86. The van der Waals surface area contributed by atoms with E-state index in [4.69, 9.17) is 21.1 Å². The number of carbonyl (C=O) groups is 2. The van der Waals surface area contributed by atoms with Gasteiger partial charge in [0.15, 0.2) is 4.34 Å². The quantitative estimate of drug-likeness (QED) is 0.360. The van der Waals surface area contributed by atoms with Crippen molar-refractivity contribution in [1.82, 2.24) is 10.3 Å². The summed E-state index contributed by atoms with van der Waals surface area (Å²) in [6, 6.07) is 12.3. The van der Waals surface area contributed by atoms with E-state index >= 15 is 0 Å². The summed E-state index contributed by atoms with van der Waals surface area (Å²) in [5.41, 5.74) is 1.62. The lowest BCUT2D eigenvalue weighted by atomic mass is 10.0. The zero-order chi connectivity index (χ0) is 21.5. The van der Waals surface area contributed by atoms with E-state index in [1.165, 1.54) is 23.1 Å². The van der Waals surface area contributed by atoms with Crippen LogP contribution in [0.2, 0.25) is 5.02 Å². The Morgan fingerprint density at radius 2 is 2.00 bits per heavy atom. The lowest BCUT2D eigenvalue weighted by Gasteiger charge is -2.18. The Labute approximate surface area is 187 Å². The van der Waals surface area contributed by atoms with Crippen LogP contribution in [0.25, 0.3) is 10.2 Å². The molecule has 0 aliphatic carbocycles. The highest BCUT2D eigenvalue weighted by Gasteiger charge is 2.20. The topological polar surface area (TPSA) is 77.5 Å². The van der Waals surface area contributed by atoms with Gasteiger partial charge in [-0.25, -0.2) is 4.98 Å². The van der Waals surface area contributed by atoms with E-state index in [9.17, 15) is 9.59 Å². The Hall–Kier alpha value is -2.29. The number of esters is 1. The van der Waals surface area contributed by atoms with Crippen LogP contribution in [0.5, 0.6) is 5.75 Å². The number of thioether (sulfide) groups is 1. The molecule has 0 saturated heterocycles. The maximum absolute atomic E-state index is 12.6. The lowest BCUT2D eigenvalue weighted by Crippen LogP contribution is -2.31. The molecule has 0 saturated carbocycles. The monoisotopic (exact) mass is 464 g/mol. The molecule has 6 nitrogen and oxygen atoms in total. The molecule has 0 radical (unpaired) electrons. The Morgan fingerprint density at radius 1 is 1.23 bits per heavy atom. The number of fused-ring (bicyclic) bond motifs is 1. The first-order valence-corrected chi connectivity index (χ1v) is 11.4. The van der Waals surface area contributed by atoms with Crippen LogP contribution in [0, 0.1) is 0 Å². The fourth-order valence-electron chi connectivity index (χ4n) is 2.78. The standard InChI is InChI=1S/C21H21ClN2O4S2/c1-3-28-20(26)11-16(13-4-7-15(27-2)8-5-13)23-19(25)12-29-21-24-17-10-14(22)6-9-18(17)30-21/h4-10,16H,3,11-12H2,1-2H3,(H,23,25). The van der Waals surface area contributed by atoms with Crippen LogP contribution in [-0.2, 0) is 14.3 Å². The van der Waals surface area contributed by atoms with E-state index in [1.807, 2.05) is 24.3 Å². The number of thiazole rings is 1. The smallest absolute Gasteiger partial charge is 0.308 e. The molecular weight excluding hydrogens is 444 g/mol. The highest BCUT2D eigenvalue weighted by molar-refractivity contribution is 8.01. The van der Waals surface area contributed by atoms with Crippen molar-refractivity contribution in [2.24, 2.45) is 0 Å². The number of rotatable bonds is 9. The van der Waals surface area contributed by atoms with Gasteiger partial charge in [-0.3, -0.25) is 9.59 Å². The van der Waals surface area contributed by atoms with Crippen molar-refractivity contribution in [3.05, 3.63) is 53.1 Å². The first-order chi connectivity index (χ1) is 14.5. The maximum atomic E-state index is 12.6. The summed E-state index contributed by atoms with van der Waals surface area (Å²) in [4.78, 5) is 29.1. The van der Waals surface area contributed by atoms with Crippen molar-refractivity contribution in [1.29, 1.82) is 0 Å². The fraction of sp³-hybridized carbons (Fsp3) is 0.286. The number of nitrogens with one attached hydrogen (secondary N) is 1. The SMILES string of the molecule is CCOC(=O)CC(NC(=O)CSc1nc2cc(Cl)ccc2s1)c1ccc(OC)cc1. The fourth-order valence-corrected chi connectivity index (χ4v) is 4.81. The van der Waals surface area contributed by atoms with E-state index < -0.39 is 6.04 Å². The summed E-state index contributed by atoms with van der Waals surface area (Å²) in [6.45, 7) is 2.04. The number of benzene rings is 2. The minimum atomic E-state index is -0.489. The van der Waals surface area contributed by atoms with Gasteiger partial charge in [0.2, 0.25) is 5.91 Å². The molecule has 1 unspecified atom stereocenters. The summed E-state index contributed by atoms with van der Waals surface area (Å²) in [5.74, 6) is 0.325. The van der Waals surface area contributed by atoms with Crippen molar-refractivity contribution >= 4 is 56.8 Å². The van der Waals surface area contributed by atoms with Crippen LogP contribution in [0.1, 0.15) is 24.9 Å². The van der Waals surface area contributed by atoms with Gasteiger partial charge in [0.1, 0.15) is 5.75 Å². The molecule has 0 aliphatic rings. The molecule has 158 valence electrons. The van der Waals surface area contributed by atoms with Gasteiger partial charge in [0.25, 0.3) is 0 Å². The zero-order valence-electron chi connectivity index (χ0n) is 16.5. The van der Waals surface area contributed by atoms with Crippen molar-refractivity contribution in [2.75, 3.05) is 19.5 Å². The molecule has 1 amide bonds. The van der Waals surface area contributed by atoms with Crippen molar-refractivity contribution in [2.45, 2.75) is 23.7 Å². The van der Waals surface area contributed by atoms with Crippen LogP contribution in [-0.4, -0.2) is 36.3 Å². The molecule has 1 aromatic heterocycles. The molecule has 2 aromatic carbocycles. The van der Waals surface area contributed by atoms with Gasteiger partial charge < -0.3 is 14.8 Å². The van der Waals surface area contributed by atoms with E-state index in [-0.39, 0.29) is 24.1 Å². The number of hydrogen-bond donors (Lipinski definition) is 1. The normalized spacial score (nSPS) is 11.8. The number of carbonyl (C=O) groups excluding carboxylic acids is 2. The number of aromatic nitrogens is 1. The highest BCUT2D eigenvalue weighted by atomic mass is 35.5. The number of halogens is 1. The van der Waals surface area contributed by atoms with Crippen molar-refractivity contribution < 1.29 is 19.1 Å². The second-order valence-corrected chi connectivity index (χ2v) is 8.97. The average molecular weight is 465 g/mol. The molecule has 0 aliphatic heterocycles. The Bertz CT molecular complexity index is 1020. The van der Waals surface area contributed by atoms with Crippen molar-refractivity contribution in [3.63, 3.8) is 0 Å². The number of methoxy groups -OCH3 is 1. The van der Waals surface area contributed by atoms with E-state index in [1.54, 1.807) is 32.2 Å². The van der Waals surface area contributed by atoms with Gasteiger partial charge in [0.05, 0.1) is 42.1 Å². The second kappa shape index (κ2) is 10.7. The van der Waals surface area contributed by atoms with E-state index in [0.717, 1.165) is 20.1 Å². The third-order valence-electron chi connectivity index (χ3n) is 4.19. The highest BCUT2D eigenvalue weighted by Crippen LogP contribution is 2.31. The molecule has 1 N–H and O–H groups in total. The van der Waals surface area contributed by atoms with Gasteiger partial charge in [0, 0.05) is 5.02 Å². The first kappa shape index (κ1) is 22.4. The zero-order valence-corrected chi connectivity index (χ0v) is 18.9. The van der Waals surface area contributed by atoms with Crippen LogP contribution in [0.15, 0.2) is 46.8 Å². The Morgan fingerprint density at radius 3 is 2.70 bits per heavy atom. The summed E-state index contributed by atoms with van der Waals surface area (Å²) in [6.07, 6.45) is 0.0518. The van der Waals surface area contributed by atoms with Crippen molar-refractivity contribution in [3.8, 4) is 5.75 Å². The van der Waals surface area contributed by atoms with Gasteiger partial charge in [-0.2, -0.15) is 0 Å². The van der Waals surface area contributed by atoms with Crippen LogP contribution >= 0.6 is 34.7 Å². The number of nitrogens with zero attached hydrogens (tertiary/aromatic N) is 1. The molecular formula is C21H21ClN2O4S2. The summed E-state index contributed by atoms with van der Waals surface area (Å²) >= 11 is 8.86. The third kappa shape index (κ3) is 6.10. The average Bonchev–Trinajstić information content (AvgIpc) is 3.14. The minimum Gasteiger partial charge on any atom is -0.497 e. The molecule has 0 bridgehead atoms. The molecule has 1 atom stereocenters. The third-order valence-corrected chi connectivity index (χ3v) is 6.60. The second-order valence-electron chi connectivity index (χ2n) is 6.28. The van der Waals surface area contributed by atoms with Gasteiger partial charge in [-0.1, -0.05) is 35.5 Å². The van der Waals surface area contributed by atoms with Gasteiger partial charge >= 0.3 is 5.97 Å². The maximum Gasteiger partial charge on any atom is 0.308 e. The molecule has 3 rings (SSSR count). The summed E-state index contributed by atoms with van der Waals surface area (Å²) < 4.78 is 12.0. The predicted molar refractivity (Wildman–Crippen MR) is 120 cm³/mol. The number of ether oxygens (including phenoxy) is 2.